The summed E-state index contributed by atoms with van der Waals surface area (Å²) in [5.74, 6) is -2.33. The highest BCUT2D eigenvalue weighted by Gasteiger charge is 2.25. The van der Waals surface area contributed by atoms with Crippen LogP contribution in [0.3, 0.4) is 0 Å². The fourth-order valence-corrected chi connectivity index (χ4v) is 4.20. The number of rotatable bonds is 10. The Labute approximate surface area is 228 Å². The quantitative estimate of drug-likeness (QED) is 0.302. The molecule has 1 saturated carbocycles. The Bertz CT molecular complexity index is 1440. The zero-order chi connectivity index (χ0) is 28.3. The lowest BCUT2D eigenvalue weighted by molar-refractivity contribution is -0.138. The Morgan fingerprint density at radius 1 is 1.21 bits per heavy atom. The van der Waals surface area contributed by atoms with E-state index in [0.717, 1.165) is 12.8 Å². The SMILES string of the molecule is CC(C)N(CC(=O)NCc1cccc(Cl)c1F)C(=O)Cn1nc(C(N)=O)c2cc(NC(=O)NC3CC3)ccc21. The maximum absolute atomic E-state index is 14.1. The standard InChI is InChI=1S/C26H29ClFN7O4/c1-14(2)34(12-21(36)30-11-15-4-3-5-19(27)23(15)28)22(37)13-35-20-9-8-17(32-26(39)31-16-6-7-16)10-18(20)24(33-35)25(29)38/h3-5,8-10,14,16H,6-7,11-13H2,1-2H3,(H2,29,38)(H,30,36)(H2,31,32,39). The first-order valence-corrected chi connectivity index (χ1v) is 12.8. The van der Waals surface area contributed by atoms with E-state index >= 15 is 0 Å². The number of nitrogens with zero attached hydrogens (tertiary/aromatic N) is 3. The maximum atomic E-state index is 14.1. The molecule has 0 aliphatic heterocycles. The molecular formula is C26H29ClFN7O4. The van der Waals surface area contributed by atoms with Gasteiger partial charge in [-0.2, -0.15) is 5.10 Å². The molecule has 1 fully saturated rings. The number of carbonyl (C=O) groups excluding carboxylic acids is 4. The molecule has 0 unspecified atom stereocenters. The molecule has 13 heteroatoms. The number of halogens is 2. The van der Waals surface area contributed by atoms with Crippen molar-refractivity contribution in [3.05, 3.63) is 58.5 Å². The molecule has 0 atom stereocenters. The second-order valence-corrected chi connectivity index (χ2v) is 9.99. The number of amides is 5. The lowest BCUT2D eigenvalue weighted by Gasteiger charge is -2.26. The summed E-state index contributed by atoms with van der Waals surface area (Å²) in [6.45, 7) is 2.87. The number of anilines is 1. The maximum Gasteiger partial charge on any atom is 0.319 e. The third-order valence-electron chi connectivity index (χ3n) is 6.20. The molecule has 2 aromatic carbocycles. The summed E-state index contributed by atoms with van der Waals surface area (Å²) in [5, 5.41) is 12.7. The fourth-order valence-electron chi connectivity index (χ4n) is 4.01. The van der Waals surface area contributed by atoms with Gasteiger partial charge in [-0.25, -0.2) is 9.18 Å². The zero-order valence-corrected chi connectivity index (χ0v) is 22.2. The van der Waals surface area contributed by atoms with Crippen LogP contribution in [0.25, 0.3) is 10.9 Å². The van der Waals surface area contributed by atoms with Crippen LogP contribution in [0.1, 0.15) is 42.7 Å². The molecule has 5 N–H and O–H groups in total. The van der Waals surface area contributed by atoms with Crippen molar-refractivity contribution in [2.45, 2.75) is 51.9 Å². The van der Waals surface area contributed by atoms with Gasteiger partial charge in [-0.05, 0) is 51.0 Å². The molecule has 1 aromatic heterocycles. The van der Waals surface area contributed by atoms with Crippen LogP contribution in [0.15, 0.2) is 36.4 Å². The molecule has 11 nitrogen and oxygen atoms in total. The van der Waals surface area contributed by atoms with Crippen LogP contribution in [0.5, 0.6) is 0 Å². The number of hydrogen-bond donors (Lipinski definition) is 4. The van der Waals surface area contributed by atoms with E-state index in [1.165, 1.54) is 21.7 Å². The van der Waals surface area contributed by atoms with Crippen molar-refractivity contribution in [1.82, 2.24) is 25.3 Å². The average Bonchev–Trinajstić information content (AvgIpc) is 3.62. The van der Waals surface area contributed by atoms with Crippen molar-refractivity contribution < 1.29 is 23.6 Å². The monoisotopic (exact) mass is 557 g/mol. The predicted molar refractivity (Wildman–Crippen MR) is 144 cm³/mol. The molecule has 1 aliphatic carbocycles. The fraction of sp³-hybridized carbons (Fsp3) is 0.346. The van der Waals surface area contributed by atoms with Crippen LogP contribution in [-0.4, -0.2) is 57.1 Å². The van der Waals surface area contributed by atoms with Crippen LogP contribution in [-0.2, 0) is 22.7 Å². The van der Waals surface area contributed by atoms with Crippen molar-refractivity contribution >= 4 is 51.9 Å². The van der Waals surface area contributed by atoms with Gasteiger partial charge in [-0.1, -0.05) is 23.7 Å². The first kappa shape index (κ1) is 27.8. The van der Waals surface area contributed by atoms with Gasteiger partial charge in [0.25, 0.3) is 5.91 Å². The van der Waals surface area contributed by atoms with Gasteiger partial charge in [0.15, 0.2) is 5.69 Å². The highest BCUT2D eigenvalue weighted by Crippen LogP contribution is 2.24. The van der Waals surface area contributed by atoms with Crippen LogP contribution in [0, 0.1) is 5.82 Å². The number of benzene rings is 2. The highest BCUT2D eigenvalue weighted by atomic mass is 35.5. The van der Waals surface area contributed by atoms with Gasteiger partial charge < -0.3 is 26.6 Å². The highest BCUT2D eigenvalue weighted by molar-refractivity contribution is 6.30. The van der Waals surface area contributed by atoms with E-state index in [1.807, 2.05) is 0 Å². The Morgan fingerprint density at radius 2 is 1.95 bits per heavy atom. The van der Waals surface area contributed by atoms with E-state index in [4.69, 9.17) is 17.3 Å². The summed E-state index contributed by atoms with van der Waals surface area (Å²) in [7, 11) is 0. The lowest BCUT2D eigenvalue weighted by Crippen LogP contribution is -2.45. The van der Waals surface area contributed by atoms with Gasteiger partial charge in [0, 0.05) is 35.3 Å². The summed E-state index contributed by atoms with van der Waals surface area (Å²) in [6, 6.07) is 8.79. The van der Waals surface area contributed by atoms with Gasteiger partial charge in [0.05, 0.1) is 17.1 Å². The van der Waals surface area contributed by atoms with Crippen molar-refractivity contribution in [3.63, 3.8) is 0 Å². The summed E-state index contributed by atoms with van der Waals surface area (Å²) in [4.78, 5) is 51.4. The Morgan fingerprint density at radius 3 is 2.62 bits per heavy atom. The van der Waals surface area contributed by atoms with Crippen LogP contribution >= 0.6 is 11.6 Å². The number of primary amides is 1. The number of hydrogen-bond acceptors (Lipinski definition) is 5. The molecule has 39 heavy (non-hydrogen) atoms. The molecule has 0 saturated heterocycles. The van der Waals surface area contributed by atoms with Crippen LogP contribution in [0.2, 0.25) is 5.02 Å². The van der Waals surface area contributed by atoms with Gasteiger partial charge in [0.2, 0.25) is 11.8 Å². The Balaban J connectivity index is 1.46. The van der Waals surface area contributed by atoms with Gasteiger partial charge in [-0.3, -0.25) is 19.1 Å². The number of fused-ring (bicyclic) bond motifs is 1. The van der Waals surface area contributed by atoms with E-state index in [0.29, 0.717) is 16.6 Å². The normalized spacial score (nSPS) is 12.8. The molecule has 0 spiro atoms. The summed E-state index contributed by atoms with van der Waals surface area (Å²) < 4.78 is 15.5. The van der Waals surface area contributed by atoms with E-state index in [-0.39, 0.29) is 54.0 Å². The van der Waals surface area contributed by atoms with Crippen LogP contribution < -0.4 is 21.7 Å². The second-order valence-electron chi connectivity index (χ2n) is 9.58. The number of urea groups is 1. The molecule has 1 aliphatic rings. The van der Waals surface area contributed by atoms with Gasteiger partial charge >= 0.3 is 6.03 Å². The Hall–Kier alpha value is -4.19. The number of carbonyl (C=O) groups is 4. The van der Waals surface area contributed by atoms with Gasteiger partial charge in [-0.15, -0.1) is 0 Å². The van der Waals surface area contributed by atoms with E-state index < -0.39 is 23.5 Å². The minimum Gasteiger partial charge on any atom is -0.364 e. The average molecular weight is 558 g/mol. The first-order chi connectivity index (χ1) is 18.5. The lowest BCUT2D eigenvalue weighted by atomic mass is 10.2. The first-order valence-electron chi connectivity index (χ1n) is 12.4. The second kappa shape index (κ2) is 11.7. The van der Waals surface area contributed by atoms with Crippen molar-refractivity contribution in [3.8, 4) is 0 Å². The summed E-state index contributed by atoms with van der Waals surface area (Å²) >= 11 is 5.79. The Kier molecular flexibility index (Phi) is 8.34. The molecule has 3 aromatic rings. The number of nitrogens with one attached hydrogen (secondary N) is 3. The van der Waals surface area contributed by atoms with Crippen molar-refractivity contribution in [2.75, 3.05) is 11.9 Å². The zero-order valence-electron chi connectivity index (χ0n) is 21.5. The smallest absolute Gasteiger partial charge is 0.319 e. The molecule has 0 bridgehead atoms. The topological polar surface area (TPSA) is 151 Å². The predicted octanol–water partition coefficient (Wildman–Crippen LogP) is 2.77. The van der Waals surface area contributed by atoms with Crippen molar-refractivity contribution in [2.24, 2.45) is 5.73 Å². The summed E-state index contributed by atoms with van der Waals surface area (Å²) in [6.07, 6.45) is 1.88. The third kappa shape index (κ3) is 6.82. The van der Waals surface area contributed by atoms with Crippen LogP contribution in [0.4, 0.5) is 14.9 Å². The van der Waals surface area contributed by atoms with E-state index in [9.17, 15) is 23.6 Å². The molecular weight excluding hydrogens is 529 g/mol. The molecule has 0 radical (unpaired) electrons. The molecule has 4 rings (SSSR count). The minimum absolute atomic E-state index is 0.0491. The summed E-state index contributed by atoms with van der Waals surface area (Å²) in [5.41, 5.74) is 6.58. The third-order valence-corrected chi connectivity index (χ3v) is 6.50. The molecule has 5 amide bonds. The largest absolute Gasteiger partial charge is 0.364 e. The minimum atomic E-state index is -0.792. The number of aromatic nitrogens is 2. The van der Waals surface area contributed by atoms with Crippen molar-refractivity contribution in [1.29, 1.82) is 0 Å². The molecule has 1 heterocycles. The number of nitrogens with two attached hydrogens (primary N) is 1. The van der Waals surface area contributed by atoms with Gasteiger partial charge in [0.1, 0.15) is 12.4 Å². The molecule has 206 valence electrons. The van der Waals surface area contributed by atoms with E-state index in [2.05, 4.69) is 21.0 Å². The van der Waals surface area contributed by atoms with E-state index in [1.54, 1.807) is 38.1 Å².